The molecular weight excluding hydrogens is 425 g/mol. The van der Waals surface area contributed by atoms with Crippen molar-refractivity contribution in [1.82, 2.24) is 15.7 Å². The van der Waals surface area contributed by atoms with E-state index in [1.807, 2.05) is 30.3 Å². The van der Waals surface area contributed by atoms with Crippen LogP contribution in [0.4, 0.5) is 4.39 Å². The van der Waals surface area contributed by atoms with Crippen molar-refractivity contribution < 1.29 is 23.9 Å². The average molecular weight is 454 g/mol. The summed E-state index contributed by atoms with van der Waals surface area (Å²) in [6, 6.07) is 14.4. The SMILES string of the molecule is CN(O)C(=O)[C@H]1C[C@H](Oc2cccc(F)c2)CN[C@@H]1C(=O)C1CC(c2ccccc2)=CCN1. The summed E-state index contributed by atoms with van der Waals surface area (Å²) < 4.78 is 19.4. The Balaban J connectivity index is 1.48. The number of hydrogen-bond donors (Lipinski definition) is 3. The Labute approximate surface area is 192 Å². The molecule has 1 unspecified atom stereocenters. The van der Waals surface area contributed by atoms with Gasteiger partial charge < -0.3 is 15.4 Å². The molecule has 174 valence electrons. The number of rotatable bonds is 6. The fraction of sp³-hybridized carbons (Fsp3) is 0.360. The lowest BCUT2D eigenvalue weighted by Crippen LogP contribution is -2.60. The summed E-state index contributed by atoms with van der Waals surface area (Å²) in [5.41, 5.74) is 2.15. The van der Waals surface area contributed by atoms with Crippen molar-refractivity contribution in [2.45, 2.75) is 31.0 Å². The van der Waals surface area contributed by atoms with E-state index in [4.69, 9.17) is 4.74 Å². The Bertz CT molecular complexity index is 1030. The molecule has 0 radical (unpaired) electrons. The molecule has 7 nitrogen and oxygen atoms in total. The Hall–Kier alpha value is -3.07. The van der Waals surface area contributed by atoms with Gasteiger partial charge in [0.25, 0.3) is 5.91 Å². The fourth-order valence-corrected chi connectivity index (χ4v) is 4.51. The van der Waals surface area contributed by atoms with Crippen LogP contribution in [0.15, 0.2) is 60.7 Å². The third-order valence-electron chi connectivity index (χ3n) is 6.15. The van der Waals surface area contributed by atoms with Crippen LogP contribution in [0.1, 0.15) is 18.4 Å². The second kappa shape index (κ2) is 10.2. The van der Waals surface area contributed by atoms with E-state index in [1.165, 1.54) is 19.2 Å². The van der Waals surface area contributed by atoms with E-state index < -0.39 is 35.8 Å². The molecule has 4 rings (SSSR count). The zero-order chi connectivity index (χ0) is 23.4. The highest BCUT2D eigenvalue weighted by molar-refractivity contribution is 5.96. The van der Waals surface area contributed by atoms with Gasteiger partial charge >= 0.3 is 0 Å². The number of hydroxylamine groups is 2. The predicted octanol–water partition coefficient (Wildman–Crippen LogP) is 2.41. The minimum absolute atomic E-state index is 0.124. The third-order valence-corrected chi connectivity index (χ3v) is 6.15. The maximum absolute atomic E-state index is 13.5. The number of ether oxygens (including phenoxy) is 1. The number of piperidine rings is 1. The molecule has 2 aromatic rings. The van der Waals surface area contributed by atoms with Crippen LogP contribution in [0.5, 0.6) is 5.75 Å². The lowest BCUT2D eigenvalue weighted by atomic mass is 9.81. The van der Waals surface area contributed by atoms with Gasteiger partial charge in [0, 0.05) is 26.2 Å². The zero-order valence-corrected chi connectivity index (χ0v) is 18.4. The Morgan fingerprint density at radius 1 is 1.12 bits per heavy atom. The number of ketones is 1. The van der Waals surface area contributed by atoms with Crippen molar-refractivity contribution in [1.29, 1.82) is 0 Å². The highest BCUT2D eigenvalue weighted by Gasteiger charge is 2.43. The number of nitrogens with one attached hydrogen (secondary N) is 2. The van der Waals surface area contributed by atoms with Crippen LogP contribution in [0.3, 0.4) is 0 Å². The zero-order valence-electron chi connectivity index (χ0n) is 18.4. The molecule has 33 heavy (non-hydrogen) atoms. The standard InChI is InChI=1S/C25H28FN3O4/c1-29(32)25(31)21-14-20(33-19-9-5-8-18(26)13-19)15-28-23(21)24(30)22-12-17(10-11-27-22)16-6-3-2-4-7-16/h2-10,13,20-23,27-28,32H,11-12,14-15H2,1H3/t20-,21-,22?,23-/m0/s1. The summed E-state index contributed by atoms with van der Waals surface area (Å²) in [6.07, 6.45) is 2.35. The first-order valence-corrected chi connectivity index (χ1v) is 11.1. The average Bonchev–Trinajstić information content (AvgIpc) is 2.83. The van der Waals surface area contributed by atoms with Gasteiger partial charge in [0.2, 0.25) is 0 Å². The quantitative estimate of drug-likeness (QED) is 0.460. The molecule has 3 N–H and O–H groups in total. The molecule has 8 heteroatoms. The summed E-state index contributed by atoms with van der Waals surface area (Å²) in [5, 5.41) is 16.7. The third kappa shape index (κ3) is 5.47. The molecule has 1 fully saturated rings. The number of carbonyl (C=O) groups excluding carboxylic acids is 2. The molecular formula is C25H28FN3O4. The van der Waals surface area contributed by atoms with E-state index >= 15 is 0 Å². The second-order valence-electron chi connectivity index (χ2n) is 8.45. The van der Waals surface area contributed by atoms with Crippen LogP contribution in [-0.4, -0.2) is 60.3 Å². The maximum Gasteiger partial charge on any atom is 0.250 e. The molecule has 0 saturated carbocycles. The molecule has 2 aliphatic rings. The summed E-state index contributed by atoms with van der Waals surface area (Å²) in [4.78, 5) is 26.3. The Morgan fingerprint density at radius 3 is 2.64 bits per heavy atom. The number of amides is 1. The van der Waals surface area contributed by atoms with Crippen molar-refractivity contribution in [2.24, 2.45) is 5.92 Å². The highest BCUT2D eigenvalue weighted by atomic mass is 19.1. The fourth-order valence-electron chi connectivity index (χ4n) is 4.51. The summed E-state index contributed by atoms with van der Waals surface area (Å²) >= 11 is 0. The van der Waals surface area contributed by atoms with Crippen molar-refractivity contribution in [3.05, 3.63) is 72.1 Å². The van der Waals surface area contributed by atoms with Gasteiger partial charge in [-0.05, 0) is 36.1 Å². The summed E-state index contributed by atoms with van der Waals surface area (Å²) in [6.45, 7) is 0.872. The predicted molar refractivity (Wildman–Crippen MR) is 121 cm³/mol. The lowest BCUT2D eigenvalue weighted by Gasteiger charge is -2.38. The number of hydrogen-bond acceptors (Lipinski definition) is 6. The maximum atomic E-state index is 13.5. The number of Topliss-reactive ketones (excluding diaryl/α,β-unsaturated/α-hetero) is 1. The van der Waals surface area contributed by atoms with Crippen LogP contribution >= 0.6 is 0 Å². The monoisotopic (exact) mass is 453 g/mol. The molecule has 1 amide bonds. The highest BCUT2D eigenvalue weighted by Crippen LogP contribution is 2.28. The van der Waals surface area contributed by atoms with Crippen LogP contribution in [0, 0.1) is 11.7 Å². The number of carbonyl (C=O) groups is 2. The van der Waals surface area contributed by atoms with Crippen molar-refractivity contribution in [3.8, 4) is 5.75 Å². The molecule has 0 aromatic heterocycles. The van der Waals surface area contributed by atoms with E-state index in [1.54, 1.807) is 12.1 Å². The van der Waals surface area contributed by atoms with E-state index in [0.717, 1.165) is 11.1 Å². The molecule has 2 aromatic carbocycles. The summed E-state index contributed by atoms with van der Waals surface area (Å²) in [5.74, 6) is -1.57. The number of halogens is 1. The van der Waals surface area contributed by atoms with Gasteiger partial charge in [-0.3, -0.25) is 14.8 Å². The number of nitrogens with zero attached hydrogens (tertiary/aromatic N) is 1. The topological polar surface area (TPSA) is 90.9 Å². The molecule has 0 aliphatic carbocycles. The van der Waals surface area contributed by atoms with Crippen molar-refractivity contribution in [2.75, 3.05) is 20.1 Å². The smallest absolute Gasteiger partial charge is 0.250 e. The molecule has 1 saturated heterocycles. The van der Waals surface area contributed by atoms with E-state index in [-0.39, 0.29) is 12.2 Å². The minimum atomic E-state index is -0.812. The first-order chi connectivity index (χ1) is 15.9. The first-order valence-electron chi connectivity index (χ1n) is 11.1. The molecule has 0 spiro atoms. The van der Waals surface area contributed by atoms with Crippen molar-refractivity contribution in [3.63, 3.8) is 0 Å². The minimum Gasteiger partial charge on any atom is -0.489 e. The number of benzene rings is 2. The van der Waals surface area contributed by atoms with Gasteiger partial charge in [-0.2, -0.15) is 0 Å². The van der Waals surface area contributed by atoms with Crippen LogP contribution in [0.2, 0.25) is 0 Å². The first kappa shape index (κ1) is 23.1. The van der Waals surface area contributed by atoms with Gasteiger partial charge in [0.1, 0.15) is 17.7 Å². The Kier molecular flexibility index (Phi) is 7.17. The summed E-state index contributed by atoms with van der Waals surface area (Å²) in [7, 11) is 1.25. The van der Waals surface area contributed by atoms with Gasteiger partial charge in [-0.25, -0.2) is 9.45 Å². The Morgan fingerprint density at radius 2 is 1.91 bits per heavy atom. The molecule has 2 aliphatic heterocycles. The van der Waals surface area contributed by atoms with E-state index in [9.17, 15) is 19.2 Å². The van der Waals surface area contributed by atoms with Gasteiger partial charge in [-0.15, -0.1) is 0 Å². The van der Waals surface area contributed by atoms with Crippen LogP contribution < -0.4 is 15.4 Å². The molecule has 4 atom stereocenters. The lowest BCUT2D eigenvalue weighted by molar-refractivity contribution is -0.168. The van der Waals surface area contributed by atoms with E-state index in [0.29, 0.717) is 30.3 Å². The van der Waals surface area contributed by atoms with Crippen molar-refractivity contribution >= 4 is 17.3 Å². The molecule has 2 heterocycles. The van der Waals surface area contributed by atoms with Crippen LogP contribution in [-0.2, 0) is 9.59 Å². The van der Waals surface area contributed by atoms with Gasteiger partial charge in [0.05, 0.1) is 18.0 Å². The normalized spacial score (nSPS) is 25.1. The van der Waals surface area contributed by atoms with Gasteiger partial charge in [0.15, 0.2) is 5.78 Å². The van der Waals surface area contributed by atoms with E-state index in [2.05, 4.69) is 16.7 Å². The molecule has 0 bridgehead atoms. The van der Waals surface area contributed by atoms with Gasteiger partial charge in [-0.1, -0.05) is 42.5 Å². The van der Waals surface area contributed by atoms with Crippen LogP contribution in [0.25, 0.3) is 5.57 Å². The largest absolute Gasteiger partial charge is 0.489 e. The second-order valence-corrected chi connectivity index (χ2v) is 8.45.